The summed E-state index contributed by atoms with van der Waals surface area (Å²) in [5.41, 5.74) is -0.711. The van der Waals surface area contributed by atoms with E-state index in [1.165, 1.54) is 12.1 Å². The molecular formula is C28H26F6N2O2. The lowest BCUT2D eigenvalue weighted by Crippen LogP contribution is -2.53. The average molecular weight is 537 g/mol. The number of hydrogen-bond acceptors (Lipinski definition) is 2. The molecule has 0 radical (unpaired) electrons. The second-order valence-electron chi connectivity index (χ2n) is 9.29. The van der Waals surface area contributed by atoms with Gasteiger partial charge in [0, 0.05) is 18.5 Å². The van der Waals surface area contributed by atoms with Crippen LogP contribution in [-0.2, 0) is 12.0 Å². The Hall–Kier alpha value is -3.69. The highest BCUT2D eigenvalue weighted by Gasteiger charge is 2.45. The third-order valence-electron chi connectivity index (χ3n) is 6.54. The van der Waals surface area contributed by atoms with Gasteiger partial charge in [-0.05, 0) is 53.8 Å². The van der Waals surface area contributed by atoms with Crippen LogP contribution in [0, 0.1) is 11.6 Å². The summed E-state index contributed by atoms with van der Waals surface area (Å²) in [6.45, 7) is 0. The van der Waals surface area contributed by atoms with Crippen molar-refractivity contribution in [3.63, 3.8) is 0 Å². The Bertz CT molecular complexity index is 1230. The Morgan fingerprint density at radius 1 is 0.895 bits per heavy atom. The van der Waals surface area contributed by atoms with E-state index in [1.54, 1.807) is 30.3 Å². The molecule has 3 aromatic rings. The van der Waals surface area contributed by atoms with Crippen LogP contribution in [0.15, 0.2) is 72.8 Å². The van der Waals surface area contributed by atoms with Gasteiger partial charge in [0.2, 0.25) is 0 Å². The number of carbonyl (C=O) groups is 1. The summed E-state index contributed by atoms with van der Waals surface area (Å²) in [6.07, 6.45) is -5.60. The SMILES string of the molecule is O=C(NC1CCCC1)NC(Cc1ccccc1)(c1ccc(F)cc1)c1cc(F)cc(OC(F)(F)C(F)F)c1. The fourth-order valence-electron chi connectivity index (χ4n) is 4.75. The van der Waals surface area contributed by atoms with Crippen molar-refractivity contribution in [2.24, 2.45) is 0 Å². The highest BCUT2D eigenvalue weighted by molar-refractivity contribution is 5.76. The number of carbonyl (C=O) groups excluding carboxylic acids is 1. The highest BCUT2D eigenvalue weighted by atomic mass is 19.3. The Balaban J connectivity index is 1.86. The minimum absolute atomic E-state index is 0.00824. The Morgan fingerprint density at radius 2 is 1.55 bits per heavy atom. The maximum atomic E-state index is 14.8. The predicted octanol–water partition coefficient (Wildman–Crippen LogP) is 6.93. The van der Waals surface area contributed by atoms with Crippen molar-refractivity contribution in [3.8, 4) is 5.75 Å². The fourth-order valence-corrected chi connectivity index (χ4v) is 4.75. The molecule has 2 amide bonds. The molecule has 4 nitrogen and oxygen atoms in total. The maximum absolute atomic E-state index is 14.8. The lowest BCUT2D eigenvalue weighted by Gasteiger charge is -2.37. The molecule has 38 heavy (non-hydrogen) atoms. The fraction of sp³-hybridized carbons (Fsp3) is 0.321. The molecule has 1 saturated carbocycles. The van der Waals surface area contributed by atoms with Crippen LogP contribution >= 0.6 is 0 Å². The van der Waals surface area contributed by atoms with Crippen molar-refractivity contribution in [2.75, 3.05) is 0 Å². The molecule has 10 heteroatoms. The lowest BCUT2D eigenvalue weighted by molar-refractivity contribution is -0.253. The summed E-state index contributed by atoms with van der Waals surface area (Å²) in [5, 5.41) is 5.75. The number of amides is 2. The van der Waals surface area contributed by atoms with Crippen molar-refractivity contribution < 1.29 is 35.9 Å². The standard InChI is InChI=1S/C28H26F6N2O2/c29-21-12-10-19(11-13-21)27(17-18-6-2-1-3-7-18,36-26(37)35-23-8-4-5-9-23)20-14-22(30)16-24(15-20)38-28(33,34)25(31)32/h1-3,6-7,10-16,23,25H,4-5,8-9,17H2,(H2,35,36,37). The van der Waals surface area contributed by atoms with Crippen molar-refractivity contribution in [2.45, 2.75) is 56.2 Å². The van der Waals surface area contributed by atoms with Crippen molar-refractivity contribution >= 4 is 6.03 Å². The molecule has 2 N–H and O–H groups in total. The minimum atomic E-state index is -4.88. The van der Waals surface area contributed by atoms with Crippen LogP contribution in [0.5, 0.6) is 5.75 Å². The van der Waals surface area contributed by atoms with E-state index in [-0.39, 0.29) is 18.0 Å². The molecule has 1 atom stereocenters. The molecular weight excluding hydrogens is 510 g/mol. The monoisotopic (exact) mass is 536 g/mol. The van der Waals surface area contributed by atoms with Crippen LogP contribution in [0.4, 0.5) is 31.1 Å². The number of halogens is 6. The summed E-state index contributed by atoms with van der Waals surface area (Å²) in [5.74, 6) is -2.49. The second kappa shape index (κ2) is 11.4. The van der Waals surface area contributed by atoms with Crippen LogP contribution in [0.2, 0.25) is 0 Å². The van der Waals surface area contributed by atoms with E-state index >= 15 is 0 Å². The Labute approximate surface area is 216 Å². The molecule has 202 valence electrons. The van der Waals surface area contributed by atoms with Crippen molar-refractivity contribution in [3.05, 3.63) is 101 Å². The van der Waals surface area contributed by atoms with Gasteiger partial charge >= 0.3 is 18.6 Å². The number of benzene rings is 3. The summed E-state index contributed by atoms with van der Waals surface area (Å²) >= 11 is 0. The van der Waals surface area contributed by atoms with Gasteiger partial charge in [0.25, 0.3) is 0 Å². The highest BCUT2D eigenvalue weighted by Crippen LogP contribution is 2.38. The quantitative estimate of drug-likeness (QED) is 0.292. The number of urea groups is 1. The van der Waals surface area contributed by atoms with Crippen LogP contribution in [0.1, 0.15) is 42.4 Å². The van der Waals surface area contributed by atoms with Gasteiger partial charge in [-0.3, -0.25) is 0 Å². The molecule has 1 aliphatic carbocycles. The second-order valence-corrected chi connectivity index (χ2v) is 9.29. The van der Waals surface area contributed by atoms with Gasteiger partial charge in [-0.15, -0.1) is 0 Å². The molecule has 4 rings (SSSR count). The summed E-state index contributed by atoms with van der Waals surface area (Å²) in [7, 11) is 0. The number of rotatable bonds is 9. The zero-order chi connectivity index (χ0) is 27.3. The van der Waals surface area contributed by atoms with Gasteiger partial charge < -0.3 is 15.4 Å². The summed E-state index contributed by atoms with van der Waals surface area (Å²) < 4.78 is 86.0. The van der Waals surface area contributed by atoms with Gasteiger partial charge in [-0.25, -0.2) is 13.6 Å². The molecule has 0 aromatic heterocycles. The van der Waals surface area contributed by atoms with Crippen molar-refractivity contribution in [1.82, 2.24) is 10.6 Å². The first-order valence-electron chi connectivity index (χ1n) is 12.1. The zero-order valence-electron chi connectivity index (χ0n) is 20.2. The predicted molar refractivity (Wildman–Crippen MR) is 129 cm³/mol. The number of ether oxygens (including phenoxy) is 1. The van der Waals surface area contributed by atoms with E-state index in [9.17, 15) is 31.1 Å². The average Bonchev–Trinajstić information content (AvgIpc) is 3.37. The van der Waals surface area contributed by atoms with E-state index in [0.717, 1.165) is 49.9 Å². The largest absolute Gasteiger partial charge is 0.461 e. The Morgan fingerprint density at radius 3 is 2.18 bits per heavy atom. The third-order valence-corrected chi connectivity index (χ3v) is 6.54. The molecule has 0 bridgehead atoms. The molecule has 1 aliphatic rings. The molecule has 0 spiro atoms. The van der Waals surface area contributed by atoms with Gasteiger partial charge in [0.15, 0.2) is 0 Å². The van der Waals surface area contributed by atoms with E-state index < -0.39 is 41.5 Å². The van der Waals surface area contributed by atoms with E-state index in [2.05, 4.69) is 15.4 Å². The molecule has 0 saturated heterocycles. The summed E-state index contributed by atoms with van der Waals surface area (Å²) in [6, 6.07) is 15.6. The van der Waals surface area contributed by atoms with Gasteiger partial charge in [0.05, 0.1) is 5.54 Å². The van der Waals surface area contributed by atoms with Gasteiger partial charge in [-0.2, -0.15) is 17.6 Å². The number of nitrogens with one attached hydrogen (secondary N) is 2. The van der Waals surface area contributed by atoms with Crippen LogP contribution in [0.25, 0.3) is 0 Å². The summed E-state index contributed by atoms with van der Waals surface area (Å²) in [4.78, 5) is 13.3. The van der Waals surface area contributed by atoms with Gasteiger partial charge in [0.1, 0.15) is 17.4 Å². The first-order chi connectivity index (χ1) is 18.1. The first kappa shape index (κ1) is 27.3. The minimum Gasteiger partial charge on any atom is -0.428 e. The normalized spacial score (nSPS) is 15.8. The molecule has 0 heterocycles. The van der Waals surface area contributed by atoms with Crippen LogP contribution in [0.3, 0.4) is 0 Å². The lowest BCUT2D eigenvalue weighted by atomic mass is 9.77. The third kappa shape index (κ3) is 6.41. The van der Waals surface area contributed by atoms with E-state index in [0.29, 0.717) is 17.2 Å². The smallest absolute Gasteiger partial charge is 0.428 e. The molecule has 1 unspecified atom stereocenters. The first-order valence-corrected chi connectivity index (χ1v) is 12.1. The van der Waals surface area contributed by atoms with E-state index in [4.69, 9.17) is 0 Å². The van der Waals surface area contributed by atoms with Crippen LogP contribution < -0.4 is 15.4 Å². The number of alkyl halides is 4. The van der Waals surface area contributed by atoms with E-state index in [1.807, 2.05) is 0 Å². The van der Waals surface area contributed by atoms with Crippen molar-refractivity contribution in [1.29, 1.82) is 0 Å². The topological polar surface area (TPSA) is 50.4 Å². The Kier molecular flexibility index (Phi) is 8.18. The van der Waals surface area contributed by atoms with Gasteiger partial charge in [-0.1, -0.05) is 55.3 Å². The van der Waals surface area contributed by atoms with Crippen LogP contribution in [-0.4, -0.2) is 24.6 Å². The number of hydrogen-bond donors (Lipinski definition) is 2. The molecule has 3 aromatic carbocycles. The molecule has 1 fully saturated rings. The zero-order valence-corrected chi connectivity index (χ0v) is 20.2. The maximum Gasteiger partial charge on any atom is 0.461 e. The molecule has 0 aliphatic heterocycles.